The zero-order valence-electron chi connectivity index (χ0n) is 10.7. The Kier molecular flexibility index (Phi) is 3.88. The second-order valence-electron chi connectivity index (χ2n) is 4.18. The van der Waals surface area contributed by atoms with Gasteiger partial charge in [-0.1, -0.05) is 6.07 Å². The van der Waals surface area contributed by atoms with Crippen molar-refractivity contribution in [3.05, 3.63) is 53.4 Å². The Morgan fingerprint density at radius 1 is 1.24 bits per heavy atom. The minimum Gasteiger partial charge on any atom is -0.319 e. The lowest BCUT2D eigenvalue weighted by Crippen LogP contribution is -2.18. The number of carbonyl (C=O) groups excluding carboxylic acids is 1. The number of anilines is 1. The molecular weight excluding hydrogens is 290 g/mol. The Hall–Kier alpha value is -2.51. The number of amides is 1. The van der Waals surface area contributed by atoms with Crippen molar-refractivity contribution in [3.8, 4) is 0 Å². The summed E-state index contributed by atoms with van der Waals surface area (Å²) in [5.74, 6) is -2.15. The number of benzene rings is 1. The fourth-order valence-electron chi connectivity index (χ4n) is 1.48. The fraction of sp³-hybridized carbons (Fsp3) is 0.154. The van der Waals surface area contributed by atoms with Gasteiger partial charge in [0.05, 0.1) is 0 Å². The number of hydrogen-bond acceptors (Lipinski definition) is 3. The molecule has 0 aliphatic rings. The van der Waals surface area contributed by atoms with Crippen LogP contribution in [0.5, 0.6) is 0 Å². The minimum atomic E-state index is -4.67. The van der Waals surface area contributed by atoms with Crippen LogP contribution in [-0.2, 0) is 6.18 Å². The van der Waals surface area contributed by atoms with E-state index in [1.807, 2.05) is 0 Å². The van der Waals surface area contributed by atoms with Crippen molar-refractivity contribution in [2.45, 2.75) is 13.1 Å². The molecule has 21 heavy (non-hydrogen) atoms. The van der Waals surface area contributed by atoms with Crippen LogP contribution in [0.4, 0.5) is 23.2 Å². The number of aromatic nitrogens is 2. The first kappa shape index (κ1) is 14.9. The van der Waals surface area contributed by atoms with E-state index in [0.29, 0.717) is 11.6 Å². The lowest BCUT2D eigenvalue weighted by Gasteiger charge is -2.08. The first-order valence-corrected chi connectivity index (χ1v) is 5.75. The Morgan fingerprint density at radius 3 is 2.57 bits per heavy atom. The summed E-state index contributed by atoms with van der Waals surface area (Å²) < 4.78 is 50.8. The van der Waals surface area contributed by atoms with Crippen molar-refractivity contribution in [2.24, 2.45) is 0 Å². The van der Waals surface area contributed by atoms with Crippen LogP contribution in [0.1, 0.15) is 21.9 Å². The van der Waals surface area contributed by atoms with Crippen molar-refractivity contribution >= 4 is 11.6 Å². The van der Waals surface area contributed by atoms with E-state index in [9.17, 15) is 22.4 Å². The number of nitrogens with zero attached hydrogens (tertiary/aromatic N) is 2. The Bertz CT molecular complexity index is 685. The predicted octanol–water partition coefficient (Wildman–Crippen LogP) is 3.20. The van der Waals surface area contributed by atoms with Crippen LogP contribution in [0.3, 0.4) is 0 Å². The van der Waals surface area contributed by atoms with Gasteiger partial charge in [-0.25, -0.2) is 14.4 Å². The summed E-state index contributed by atoms with van der Waals surface area (Å²) in [6.45, 7) is 1.54. The van der Waals surface area contributed by atoms with Crippen LogP contribution in [0.2, 0.25) is 0 Å². The summed E-state index contributed by atoms with van der Waals surface area (Å²) >= 11 is 0. The minimum absolute atomic E-state index is 0.101. The first-order chi connectivity index (χ1) is 9.77. The van der Waals surface area contributed by atoms with E-state index in [2.05, 4.69) is 15.3 Å². The van der Waals surface area contributed by atoms with Crippen LogP contribution in [0.25, 0.3) is 0 Å². The molecule has 1 aromatic carbocycles. The third-order valence-corrected chi connectivity index (χ3v) is 2.58. The van der Waals surface area contributed by atoms with Crippen molar-refractivity contribution < 1.29 is 22.4 Å². The molecule has 2 aromatic rings. The molecule has 0 saturated carbocycles. The summed E-state index contributed by atoms with van der Waals surface area (Å²) in [6, 6.07) is 4.56. The van der Waals surface area contributed by atoms with Gasteiger partial charge >= 0.3 is 6.18 Å². The molecule has 1 N–H and O–H groups in total. The van der Waals surface area contributed by atoms with Crippen molar-refractivity contribution in [3.63, 3.8) is 0 Å². The van der Waals surface area contributed by atoms with E-state index in [1.54, 1.807) is 0 Å². The van der Waals surface area contributed by atoms with Gasteiger partial charge in [-0.3, -0.25) is 4.79 Å². The number of aryl methyl sites for hydroxylation is 1. The molecule has 8 heteroatoms. The Morgan fingerprint density at radius 2 is 1.95 bits per heavy atom. The Balaban J connectivity index is 2.22. The van der Waals surface area contributed by atoms with Gasteiger partial charge in [-0.05, 0) is 30.7 Å². The predicted molar refractivity (Wildman–Crippen MR) is 66.1 cm³/mol. The standard InChI is InChI=1S/C13H9F4N3O/c1-7-2-3-8(6-9(7)14)19-12(21)11-18-5-4-10(20-11)13(15,16)17/h2-6H,1H3,(H,19,21). The van der Waals surface area contributed by atoms with Gasteiger partial charge < -0.3 is 5.32 Å². The number of rotatable bonds is 2. The molecule has 0 radical (unpaired) electrons. The molecule has 110 valence electrons. The maximum atomic E-state index is 13.3. The molecule has 0 atom stereocenters. The molecule has 2 rings (SSSR count). The molecule has 0 saturated heterocycles. The van der Waals surface area contributed by atoms with Gasteiger partial charge in [-0.15, -0.1) is 0 Å². The molecule has 0 bridgehead atoms. The summed E-state index contributed by atoms with van der Waals surface area (Å²) in [4.78, 5) is 18.4. The van der Waals surface area contributed by atoms with Gasteiger partial charge in [0, 0.05) is 11.9 Å². The van der Waals surface area contributed by atoms with E-state index < -0.39 is 29.4 Å². The lowest BCUT2D eigenvalue weighted by molar-refractivity contribution is -0.141. The highest BCUT2D eigenvalue weighted by Gasteiger charge is 2.33. The molecule has 0 aliphatic heterocycles. The number of nitrogens with one attached hydrogen (secondary N) is 1. The average Bonchev–Trinajstić information content (AvgIpc) is 2.42. The molecule has 0 fully saturated rings. The molecule has 1 amide bonds. The second-order valence-corrected chi connectivity index (χ2v) is 4.18. The van der Waals surface area contributed by atoms with Crippen LogP contribution < -0.4 is 5.32 Å². The zero-order chi connectivity index (χ0) is 15.6. The molecule has 0 spiro atoms. The number of carbonyl (C=O) groups is 1. The van der Waals surface area contributed by atoms with E-state index >= 15 is 0 Å². The summed E-state index contributed by atoms with van der Waals surface area (Å²) in [7, 11) is 0. The SMILES string of the molecule is Cc1ccc(NC(=O)c2nccc(C(F)(F)F)n2)cc1F. The van der Waals surface area contributed by atoms with Gasteiger partial charge in [0.25, 0.3) is 5.91 Å². The number of alkyl halides is 3. The summed E-state index contributed by atoms with van der Waals surface area (Å²) in [5.41, 5.74) is -0.745. The van der Waals surface area contributed by atoms with Crippen LogP contribution in [0.15, 0.2) is 30.5 Å². The largest absolute Gasteiger partial charge is 0.433 e. The van der Waals surface area contributed by atoms with E-state index in [4.69, 9.17) is 0 Å². The Labute approximate surface area is 116 Å². The van der Waals surface area contributed by atoms with Gasteiger partial charge in [0.15, 0.2) is 0 Å². The third kappa shape index (κ3) is 3.53. The number of halogens is 4. The highest BCUT2D eigenvalue weighted by atomic mass is 19.4. The fourth-order valence-corrected chi connectivity index (χ4v) is 1.48. The van der Waals surface area contributed by atoms with Crippen LogP contribution in [0, 0.1) is 12.7 Å². The monoisotopic (exact) mass is 299 g/mol. The molecule has 0 aliphatic carbocycles. The molecular formula is C13H9F4N3O. The first-order valence-electron chi connectivity index (χ1n) is 5.75. The van der Waals surface area contributed by atoms with Crippen LogP contribution >= 0.6 is 0 Å². The van der Waals surface area contributed by atoms with Crippen molar-refractivity contribution in [1.29, 1.82) is 0 Å². The quantitative estimate of drug-likeness (QED) is 0.866. The zero-order valence-corrected chi connectivity index (χ0v) is 10.7. The average molecular weight is 299 g/mol. The van der Waals surface area contributed by atoms with Gasteiger partial charge in [0.2, 0.25) is 5.82 Å². The lowest BCUT2D eigenvalue weighted by atomic mass is 10.2. The van der Waals surface area contributed by atoms with Crippen molar-refractivity contribution in [1.82, 2.24) is 9.97 Å². The van der Waals surface area contributed by atoms with E-state index in [-0.39, 0.29) is 5.69 Å². The topological polar surface area (TPSA) is 54.9 Å². The maximum absolute atomic E-state index is 13.3. The summed E-state index contributed by atoms with van der Waals surface area (Å²) in [6.07, 6.45) is -3.84. The third-order valence-electron chi connectivity index (χ3n) is 2.58. The normalized spacial score (nSPS) is 11.3. The van der Waals surface area contributed by atoms with E-state index in [1.165, 1.54) is 19.1 Å². The highest BCUT2D eigenvalue weighted by Crippen LogP contribution is 2.27. The summed E-state index contributed by atoms with van der Waals surface area (Å²) in [5, 5.41) is 2.23. The second kappa shape index (κ2) is 5.47. The molecule has 1 heterocycles. The van der Waals surface area contributed by atoms with Crippen molar-refractivity contribution in [2.75, 3.05) is 5.32 Å². The number of hydrogen-bond donors (Lipinski definition) is 1. The molecule has 4 nitrogen and oxygen atoms in total. The van der Waals surface area contributed by atoms with E-state index in [0.717, 1.165) is 12.3 Å². The van der Waals surface area contributed by atoms with Gasteiger partial charge in [-0.2, -0.15) is 13.2 Å². The maximum Gasteiger partial charge on any atom is 0.433 e. The highest BCUT2D eigenvalue weighted by molar-refractivity contribution is 6.01. The van der Waals surface area contributed by atoms with Gasteiger partial charge in [0.1, 0.15) is 11.5 Å². The van der Waals surface area contributed by atoms with Crippen LogP contribution in [-0.4, -0.2) is 15.9 Å². The smallest absolute Gasteiger partial charge is 0.319 e. The molecule has 1 aromatic heterocycles. The molecule has 0 unspecified atom stereocenters.